The Morgan fingerprint density at radius 1 is 1.36 bits per heavy atom. The van der Waals surface area contributed by atoms with Gasteiger partial charge in [0.2, 0.25) is 5.28 Å². The molecule has 78 valence electrons. The van der Waals surface area contributed by atoms with E-state index in [1.165, 1.54) is 12.8 Å². The summed E-state index contributed by atoms with van der Waals surface area (Å²) in [4.78, 5) is 0. The summed E-state index contributed by atoms with van der Waals surface area (Å²) in [6, 6.07) is 0.532. The van der Waals surface area contributed by atoms with Crippen molar-refractivity contribution in [2.24, 2.45) is 5.92 Å². The second-order valence-electron chi connectivity index (χ2n) is 4.58. The van der Waals surface area contributed by atoms with E-state index in [0.717, 1.165) is 11.7 Å². The van der Waals surface area contributed by atoms with Crippen molar-refractivity contribution in [3.05, 3.63) is 11.1 Å². The van der Waals surface area contributed by atoms with Gasteiger partial charge in [0.25, 0.3) is 0 Å². The van der Waals surface area contributed by atoms with Crippen LogP contribution in [0.4, 0.5) is 0 Å². The number of nitrogens with zero attached hydrogens (tertiary/aromatic N) is 3. The van der Waals surface area contributed by atoms with Crippen molar-refractivity contribution in [3.63, 3.8) is 0 Å². The lowest BCUT2D eigenvalue weighted by atomic mass is 9.81. The van der Waals surface area contributed by atoms with Crippen LogP contribution >= 0.6 is 11.6 Å². The summed E-state index contributed by atoms with van der Waals surface area (Å²) in [5.41, 5.74) is 0. The van der Waals surface area contributed by atoms with E-state index in [2.05, 4.69) is 35.5 Å². The third-order valence-corrected chi connectivity index (χ3v) is 3.17. The molecule has 0 spiro atoms. The topological polar surface area (TPSA) is 30.7 Å². The fraction of sp³-hybridized carbons (Fsp3) is 0.800. The number of hydrogen-bond donors (Lipinski definition) is 0. The van der Waals surface area contributed by atoms with Crippen molar-refractivity contribution >= 4 is 11.6 Å². The molecule has 0 saturated heterocycles. The van der Waals surface area contributed by atoms with Crippen LogP contribution in [0.15, 0.2) is 0 Å². The average Bonchev–Trinajstić information content (AvgIpc) is 2.41. The van der Waals surface area contributed by atoms with Crippen LogP contribution in [-0.4, -0.2) is 14.8 Å². The first kappa shape index (κ1) is 9.97. The molecule has 0 bridgehead atoms. The van der Waals surface area contributed by atoms with Crippen LogP contribution in [0.3, 0.4) is 0 Å². The second kappa shape index (κ2) is 3.54. The molecule has 1 aliphatic carbocycles. The second-order valence-corrected chi connectivity index (χ2v) is 4.92. The summed E-state index contributed by atoms with van der Waals surface area (Å²) in [7, 11) is 0. The molecule has 3 nitrogen and oxygen atoms in total. The lowest BCUT2D eigenvalue weighted by Crippen LogP contribution is -2.26. The van der Waals surface area contributed by atoms with Crippen molar-refractivity contribution in [2.75, 3.05) is 0 Å². The summed E-state index contributed by atoms with van der Waals surface area (Å²) < 4.78 is 2.10. The van der Waals surface area contributed by atoms with E-state index in [9.17, 15) is 0 Å². The molecule has 0 radical (unpaired) electrons. The maximum absolute atomic E-state index is 6.03. The zero-order chi connectivity index (χ0) is 10.3. The molecular formula is C10H16ClN3. The molecule has 0 N–H and O–H groups in total. The molecule has 2 rings (SSSR count). The lowest BCUT2D eigenvalue weighted by molar-refractivity contribution is 0.210. The Balaban J connectivity index is 2.26. The fourth-order valence-electron chi connectivity index (χ4n) is 2.09. The first-order chi connectivity index (χ1) is 6.59. The molecule has 0 aromatic carbocycles. The number of aromatic nitrogens is 3. The van der Waals surface area contributed by atoms with Gasteiger partial charge >= 0.3 is 0 Å². The summed E-state index contributed by atoms with van der Waals surface area (Å²) >= 11 is 6.03. The lowest BCUT2D eigenvalue weighted by Gasteiger charge is -2.35. The molecule has 1 aromatic heterocycles. The SMILES string of the molecule is CC1CC(n2c(Cl)nnc2C(C)C)C1. The van der Waals surface area contributed by atoms with E-state index in [1.54, 1.807) is 0 Å². The highest BCUT2D eigenvalue weighted by Crippen LogP contribution is 2.40. The fourth-order valence-corrected chi connectivity index (χ4v) is 2.35. The first-order valence-corrected chi connectivity index (χ1v) is 5.57. The molecule has 1 fully saturated rings. The van der Waals surface area contributed by atoms with Crippen LogP contribution in [0.25, 0.3) is 0 Å². The molecule has 0 atom stereocenters. The predicted molar refractivity (Wildman–Crippen MR) is 56.6 cm³/mol. The highest BCUT2D eigenvalue weighted by atomic mass is 35.5. The van der Waals surface area contributed by atoms with E-state index in [-0.39, 0.29) is 0 Å². The van der Waals surface area contributed by atoms with Crippen LogP contribution in [0, 0.1) is 5.92 Å². The van der Waals surface area contributed by atoms with E-state index < -0.39 is 0 Å². The van der Waals surface area contributed by atoms with Crippen LogP contribution in [0.5, 0.6) is 0 Å². The van der Waals surface area contributed by atoms with Gasteiger partial charge < -0.3 is 0 Å². The quantitative estimate of drug-likeness (QED) is 0.756. The molecule has 1 aromatic rings. The zero-order valence-electron chi connectivity index (χ0n) is 8.87. The first-order valence-electron chi connectivity index (χ1n) is 5.20. The van der Waals surface area contributed by atoms with Gasteiger partial charge in [0.1, 0.15) is 5.82 Å². The van der Waals surface area contributed by atoms with E-state index in [4.69, 9.17) is 11.6 Å². The van der Waals surface area contributed by atoms with Gasteiger partial charge in [0.15, 0.2) is 0 Å². The summed E-state index contributed by atoms with van der Waals surface area (Å²) in [5.74, 6) is 2.23. The molecule has 14 heavy (non-hydrogen) atoms. The van der Waals surface area contributed by atoms with Gasteiger partial charge in [0.05, 0.1) is 0 Å². The third kappa shape index (κ3) is 1.54. The van der Waals surface area contributed by atoms with Gasteiger partial charge in [-0.3, -0.25) is 4.57 Å². The van der Waals surface area contributed by atoms with Gasteiger partial charge in [-0.2, -0.15) is 0 Å². The number of hydrogen-bond acceptors (Lipinski definition) is 2. The Morgan fingerprint density at radius 2 is 2.00 bits per heavy atom. The summed E-state index contributed by atoms with van der Waals surface area (Å²) in [6.45, 7) is 6.52. The largest absolute Gasteiger partial charge is 0.298 e. The van der Waals surface area contributed by atoms with Gasteiger partial charge in [-0.05, 0) is 30.4 Å². The Labute approximate surface area is 89.5 Å². The Bertz CT molecular complexity index is 326. The zero-order valence-corrected chi connectivity index (χ0v) is 9.62. The van der Waals surface area contributed by atoms with Crippen LogP contribution in [0.1, 0.15) is 51.4 Å². The predicted octanol–water partition coefficient (Wildman–Crippen LogP) is 3.03. The molecule has 0 unspecified atom stereocenters. The highest BCUT2D eigenvalue weighted by Gasteiger charge is 2.31. The molecule has 1 saturated carbocycles. The standard InChI is InChI=1S/C10H16ClN3/c1-6(2)9-12-13-10(11)14(9)8-4-7(3)5-8/h6-8H,4-5H2,1-3H3. The Kier molecular flexibility index (Phi) is 2.52. The Hall–Kier alpha value is -0.570. The summed E-state index contributed by atoms with van der Waals surface area (Å²) in [5, 5.41) is 8.62. The van der Waals surface area contributed by atoms with E-state index in [0.29, 0.717) is 17.2 Å². The van der Waals surface area contributed by atoms with Crippen LogP contribution in [0.2, 0.25) is 5.28 Å². The average molecular weight is 214 g/mol. The van der Waals surface area contributed by atoms with Crippen molar-refractivity contribution in [1.29, 1.82) is 0 Å². The monoisotopic (exact) mass is 213 g/mol. The Morgan fingerprint density at radius 3 is 2.50 bits per heavy atom. The smallest absolute Gasteiger partial charge is 0.225 e. The van der Waals surface area contributed by atoms with E-state index >= 15 is 0 Å². The number of halogens is 1. The minimum Gasteiger partial charge on any atom is -0.298 e. The molecule has 0 amide bonds. The van der Waals surface area contributed by atoms with Crippen molar-refractivity contribution in [3.8, 4) is 0 Å². The van der Waals surface area contributed by atoms with Gasteiger partial charge in [-0.15, -0.1) is 10.2 Å². The maximum atomic E-state index is 6.03. The minimum absolute atomic E-state index is 0.394. The van der Waals surface area contributed by atoms with Gasteiger partial charge in [-0.1, -0.05) is 20.8 Å². The van der Waals surface area contributed by atoms with E-state index in [1.807, 2.05) is 0 Å². The molecular weight excluding hydrogens is 198 g/mol. The van der Waals surface area contributed by atoms with Crippen molar-refractivity contribution in [2.45, 2.75) is 45.6 Å². The molecule has 0 aliphatic heterocycles. The highest BCUT2D eigenvalue weighted by molar-refractivity contribution is 6.28. The maximum Gasteiger partial charge on any atom is 0.225 e. The number of rotatable bonds is 2. The molecule has 1 aliphatic rings. The molecule has 4 heteroatoms. The van der Waals surface area contributed by atoms with Gasteiger partial charge in [0, 0.05) is 12.0 Å². The minimum atomic E-state index is 0.394. The third-order valence-electron chi connectivity index (χ3n) is 2.91. The summed E-state index contributed by atoms with van der Waals surface area (Å²) in [6.07, 6.45) is 2.41. The molecule has 1 heterocycles. The van der Waals surface area contributed by atoms with Crippen molar-refractivity contribution < 1.29 is 0 Å². The van der Waals surface area contributed by atoms with Crippen LogP contribution in [-0.2, 0) is 0 Å². The normalized spacial score (nSPS) is 26.6. The van der Waals surface area contributed by atoms with Crippen molar-refractivity contribution in [1.82, 2.24) is 14.8 Å². The van der Waals surface area contributed by atoms with Crippen LogP contribution < -0.4 is 0 Å². The van der Waals surface area contributed by atoms with Gasteiger partial charge in [-0.25, -0.2) is 0 Å².